The number of pyridine rings is 1. The van der Waals surface area contributed by atoms with Crippen LogP contribution < -0.4 is 4.74 Å². The summed E-state index contributed by atoms with van der Waals surface area (Å²) in [7, 11) is 0. The molecule has 3 rings (SSSR count). The minimum Gasteiger partial charge on any atom is -0.438 e. The van der Waals surface area contributed by atoms with E-state index in [1.165, 1.54) is 0 Å². The number of nitriles is 1. The maximum atomic E-state index is 9.25. The van der Waals surface area contributed by atoms with Gasteiger partial charge in [0.25, 0.3) is 0 Å². The number of nitrogens with zero attached hydrogens (tertiary/aromatic N) is 2. The van der Waals surface area contributed by atoms with Crippen LogP contribution in [0.25, 0.3) is 10.9 Å². The van der Waals surface area contributed by atoms with Crippen LogP contribution in [0.4, 0.5) is 0 Å². The molecule has 1 heterocycles. The van der Waals surface area contributed by atoms with Gasteiger partial charge in [-0.05, 0) is 40.8 Å². The summed E-state index contributed by atoms with van der Waals surface area (Å²) < 4.78 is 6.79. The summed E-state index contributed by atoms with van der Waals surface area (Å²) in [5.74, 6) is 1.17. The lowest BCUT2D eigenvalue weighted by atomic mass is 10.1. The summed E-state index contributed by atoms with van der Waals surface area (Å²) in [4.78, 5) is 4.44. The van der Waals surface area contributed by atoms with Gasteiger partial charge in [-0.1, -0.05) is 30.3 Å². The van der Waals surface area contributed by atoms with Gasteiger partial charge < -0.3 is 4.74 Å². The van der Waals surface area contributed by atoms with Crippen molar-refractivity contribution >= 4 is 33.5 Å². The van der Waals surface area contributed by atoms with E-state index < -0.39 is 0 Å². The number of para-hydroxylation sites is 2. The minimum atomic E-state index is 0.435. The first-order chi connectivity index (χ1) is 9.78. The van der Waals surface area contributed by atoms with Crippen molar-refractivity contribution in [2.75, 3.05) is 0 Å². The SMILES string of the molecule is N#Cc1cc(Oc2ccccc2I)nc2ccccc12. The minimum absolute atomic E-state index is 0.435. The first kappa shape index (κ1) is 12.9. The second-order valence-electron chi connectivity index (χ2n) is 4.17. The molecule has 1 aromatic heterocycles. The van der Waals surface area contributed by atoms with Crippen molar-refractivity contribution in [1.82, 2.24) is 4.98 Å². The van der Waals surface area contributed by atoms with E-state index in [2.05, 4.69) is 33.6 Å². The van der Waals surface area contributed by atoms with Crippen LogP contribution in [-0.2, 0) is 0 Å². The zero-order valence-electron chi connectivity index (χ0n) is 10.4. The van der Waals surface area contributed by atoms with E-state index in [0.717, 1.165) is 20.2 Å². The Hall–Kier alpha value is -2.13. The smallest absolute Gasteiger partial charge is 0.221 e. The molecule has 0 unspecified atom stereocenters. The van der Waals surface area contributed by atoms with Crippen molar-refractivity contribution in [3.63, 3.8) is 0 Å². The molecule has 0 saturated carbocycles. The van der Waals surface area contributed by atoms with E-state index >= 15 is 0 Å². The van der Waals surface area contributed by atoms with Gasteiger partial charge >= 0.3 is 0 Å². The Kier molecular flexibility index (Phi) is 3.52. The molecule has 0 aliphatic heterocycles. The van der Waals surface area contributed by atoms with Crippen molar-refractivity contribution in [2.45, 2.75) is 0 Å². The zero-order chi connectivity index (χ0) is 13.9. The van der Waals surface area contributed by atoms with Crippen molar-refractivity contribution in [2.24, 2.45) is 0 Å². The summed E-state index contributed by atoms with van der Waals surface area (Å²) in [6, 6.07) is 19.1. The van der Waals surface area contributed by atoms with Crippen LogP contribution in [0.15, 0.2) is 54.6 Å². The van der Waals surface area contributed by atoms with E-state index in [1.54, 1.807) is 6.07 Å². The first-order valence-corrected chi connectivity index (χ1v) is 7.08. The van der Waals surface area contributed by atoms with Crippen molar-refractivity contribution in [1.29, 1.82) is 5.26 Å². The van der Waals surface area contributed by atoms with Crippen LogP contribution in [0.5, 0.6) is 11.6 Å². The summed E-state index contributed by atoms with van der Waals surface area (Å²) in [6.45, 7) is 0. The molecule has 0 saturated heterocycles. The summed E-state index contributed by atoms with van der Waals surface area (Å²) >= 11 is 2.21. The van der Waals surface area contributed by atoms with Crippen LogP contribution in [-0.4, -0.2) is 4.98 Å². The molecule has 4 heteroatoms. The van der Waals surface area contributed by atoms with Gasteiger partial charge in [0.15, 0.2) is 0 Å². The van der Waals surface area contributed by atoms with E-state index in [0.29, 0.717) is 11.4 Å². The fourth-order valence-electron chi connectivity index (χ4n) is 1.94. The van der Waals surface area contributed by atoms with E-state index in [9.17, 15) is 5.26 Å². The Morgan fingerprint density at radius 1 is 1.05 bits per heavy atom. The van der Waals surface area contributed by atoms with Gasteiger partial charge in [0.1, 0.15) is 11.8 Å². The molecular formula is C16H9IN2O. The number of halogens is 1. The van der Waals surface area contributed by atoms with Gasteiger partial charge in [-0.2, -0.15) is 5.26 Å². The highest BCUT2D eigenvalue weighted by molar-refractivity contribution is 14.1. The number of hydrogen-bond donors (Lipinski definition) is 0. The molecular weight excluding hydrogens is 363 g/mol. The Morgan fingerprint density at radius 2 is 1.80 bits per heavy atom. The first-order valence-electron chi connectivity index (χ1n) is 6.00. The highest BCUT2D eigenvalue weighted by atomic mass is 127. The lowest BCUT2D eigenvalue weighted by Gasteiger charge is -2.08. The molecule has 0 fully saturated rings. The third-order valence-electron chi connectivity index (χ3n) is 2.86. The number of benzene rings is 2. The largest absolute Gasteiger partial charge is 0.438 e. The summed E-state index contributed by atoms with van der Waals surface area (Å²) in [5, 5.41) is 10.1. The Morgan fingerprint density at radius 3 is 2.60 bits per heavy atom. The van der Waals surface area contributed by atoms with Gasteiger partial charge in [0.05, 0.1) is 14.7 Å². The monoisotopic (exact) mass is 372 g/mol. The van der Waals surface area contributed by atoms with Crippen LogP contribution in [0.1, 0.15) is 5.56 Å². The average Bonchev–Trinajstić information content (AvgIpc) is 2.49. The third kappa shape index (κ3) is 2.45. The second-order valence-corrected chi connectivity index (χ2v) is 5.33. The maximum absolute atomic E-state index is 9.25. The highest BCUT2D eigenvalue weighted by Gasteiger charge is 2.08. The fourth-order valence-corrected chi connectivity index (χ4v) is 2.43. The molecule has 0 N–H and O–H groups in total. The Balaban J connectivity index is 2.09. The molecule has 0 aliphatic carbocycles. The van der Waals surface area contributed by atoms with E-state index in [1.807, 2.05) is 48.5 Å². The predicted molar refractivity (Wildman–Crippen MR) is 85.7 cm³/mol. The number of rotatable bonds is 2. The van der Waals surface area contributed by atoms with E-state index in [4.69, 9.17) is 4.74 Å². The van der Waals surface area contributed by atoms with Crippen LogP contribution in [0.2, 0.25) is 0 Å². The lowest BCUT2D eigenvalue weighted by molar-refractivity contribution is 0.462. The standard InChI is InChI=1S/C16H9IN2O/c17-13-6-2-4-8-15(13)20-16-9-11(10-18)12-5-1-3-7-14(12)19-16/h1-9H. The Labute approximate surface area is 130 Å². The molecule has 3 nitrogen and oxygen atoms in total. The molecule has 0 spiro atoms. The maximum Gasteiger partial charge on any atom is 0.221 e. The molecule has 0 aliphatic rings. The fraction of sp³-hybridized carbons (Fsp3) is 0. The van der Waals surface area contributed by atoms with Crippen LogP contribution >= 0.6 is 22.6 Å². The molecule has 96 valence electrons. The van der Waals surface area contributed by atoms with Gasteiger partial charge in [-0.3, -0.25) is 0 Å². The van der Waals surface area contributed by atoms with Crippen molar-refractivity contribution in [3.05, 3.63) is 63.7 Å². The lowest BCUT2D eigenvalue weighted by Crippen LogP contribution is -1.92. The molecule has 3 aromatic rings. The molecule has 20 heavy (non-hydrogen) atoms. The molecule has 2 aromatic carbocycles. The quantitative estimate of drug-likeness (QED) is 0.622. The van der Waals surface area contributed by atoms with Gasteiger partial charge in [-0.25, -0.2) is 4.98 Å². The molecule has 0 bridgehead atoms. The Bertz CT molecular complexity index is 824. The summed E-state index contributed by atoms with van der Waals surface area (Å²) in [6.07, 6.45) is 0. The number of aromatic nitrogens is 1. The van der Waals surface area contributed by atoms with Crippen molar-refractivity contribution in [3.8, 4) is 17.7 Å². The van der Waals surface area contributed by atoms with Gasteiger partial charge in [0.2, 0.25) is 5.88 Å². The van der Waals surface area contributed by atoms with Gasteiger partial charge in [-0.15, -0.1) is 0 Å². The topological polar surface area (TPSA) is 45.9 Å². The van der Waals surface area contributed by atoms with E-state index in [-0.39, 0.29) is 0 Å². The zero-order valence-corrected chi connectivity index (χ0v) is 12.5. The normalized spacial score (nSPS) is 10.2. The molecule has 0 amide bonds. The number of fused-ring (bicyclic) bond motifs is 1. The van der Waals surface area contributed by atoms with Crippen LogP contribution in [0.3, 0.4) is 0 Å². The average molecular weight is 372 g/mol. The number of hydrogen-bond acceptors (Lipinski definition) is 3. The molecule has 0 atom stereocenters. The number of ether oxygens (including phenoxy) is 1. The predicted octanol–water partition coefficient (Wildman–Crippen LogP) is 4.50. The van der Waals surface area contributed by atoms with Gasteiger partial charge in [0, 0.05) is 11.5 Å². The molecule has 0 radical (unpaired) electrons. The highest BCUT2D eigenvalue weighted by Crippen LogP contribution is 2.28. The third-order valence-corrected chi connectivity index (χ3v) is 3.76. The summed E-state index contributed by atoms with van der Waals surface area (Å²) in [5.41, 5.74) is 1.32. The second kappa shape index (κ2) is 5.47. The van der Waals surface area contributed by atoms with Crippen molar-refractivity contribution < 1.29 is 4.74 Å². The van der Waals surface area contributed by atoms with Crippen LogP contribution in [0, 0.1) is 14.9 Å².